The van der Waals surface area contributed by atoms with E-state index in [4.69, 9.17) is 0 Å². The van der Waals surface area contributed by atoms with Gasteiger partial charge in [0, 0.05) is 32.0 Å². The molecule has 0 amide bonds. The van der Waals surface area contributed by atoms with Gasteiger partial charge in [0.25, 0.3) is 0 Å². The first kappa shape index (κ1) is 9.05. The maximum Gasteiger partial charge on any atom is 0.0217 e. The zero-order chi connectivity index (χ0) is 8.93. The summed E-state index contributed by atoms with van der Waals surface area (Å²) in [5.74, 6) is 6.42. The molecule has 2 aliphatic heterocycles. The largest absolute Gasteiger partial charge is 0.317 e. The monoisotopic (exact) mass is 178 g/mol. The van der Waals surface area contributed by atoms with Crippen LogP contribution in [0.4, 0.5) is 0 Å². The molecule has 2 heterocycles. The number of rotatable bonds is 1. The van der Waals surface area contributed by atoms with Gasteiger partial charge in [-0.2, -0.15) is 0 Å². The van der Waals surface area contributed by atoms with Crippen molar-refractivity contribution < 1.29 is 0 Å². The molecule has 0 unspecified atom stereocenters. The van der Waals surface area contributed by atoms with Crippen molar-refractivity contribution in [3.8, 4) is 11.8 Å². The van der Waals surface area contributed by atoms with Crippen molar-refractivity contribution in [1.29, 1.82) is 0 Å². The highest BCUT2D eigenvalue weighted by atomic mass is 15.2. The molecule has 1 N–H and O–H groups in total. The van der Waals surface area contributed by atoms with Crippen LogP contribution in [-0.2, 0) is 0 Å². The van der Waals surface area contributed by atoms with Gasteiger partial charge in [-0.1, -0.05) is 0 Å². The summed E-state index contributed by atoms with van der Waals surface area (Å²) < 4.78 is 0. The molecule has 0 atom stereocenters. The first-order valence-corrected chi connectivity index (χ1v) is 5.37. The number of hydrogen-bond donors (Lipinski definition) is 1. The molecule has 0 aliphatic carbocycles. The normalized spacial score (nSPS) is 26.2. The second-order valence-corrected chi connectivity index (χ2v) is 3.87. The average Bonchev–Trinajstić information content (AvgIpc) is 2.47. The van der Waals surface area contributed by atoms with Crippen LogP contribution in [0.2, 0.25) is 0 Å². The molecule has 0 bridgehead atoms. The Morgan fingerprint density at radius 2 is 1.62 bits per heavy atom. The third kappa shape index (κ3) is 2.46. The highest BCUT2D eigenvalue weighted by Crippen LogP contribution is 2.13. The lowest BCUT2D eigenvalue weighted by Gasteiger charge is -2.33. The van der Waals surface area contributed by atoms with Crippen molar-refractivity contribution in [3.63, 3.8) is 0 Å². The van der Waals surface area contributed by atoms with Crippen molar-refractivity contribution in [2.45, 2.75) is 31.7 Å². The Morgan fingerprint density at radius 3 is 2.23 bits per heavy atom. The van der Waals surface area contributed by atoms with E-state index in [-0.39, 0.29) is 0 Å². The third-order valence-corrected chi connectivity index (χ3v) is 3.00. The Labute approximate surface area is 80.7 Å². The molecule has 0 aromatic carbocycles. The second kappa shape index (κ2) is 4.64. The maximum absolute atomic E-state index is 3.41. The van der Waals surface area contributed by atoms with Gasteiger partial charge in [0.2, 0.25) is 0 Å². The number of nitrogens with zero attached hydrogens (tertiary/aromatic N) is 1. The number of hydrogen-bond acceptors (Lipinski definition) is 2. The smallest absolute Gasteiger partial charge is 0.0217 e. The van der Waals surface area contributed by atoms with Gasteiger partial charge in [-0.3, -0.25) is 4.90 Å². The molecule has 1 fully saturated rings. The van der Waals surface area contributed by atoms with E-state index in [2.05, 4.69) is 22.1 Å². The molecule has 0 aromatic heterocycles. The molecule has 72 valence electrons. The molecule has 0 radical (unpaired) electrons. The molecule has 2 aliphatic rings. The van der Waals surface area contributed by atoms with Gasteiger partial charge in [-0.15, -0.1) is 11.8 Å². The molecule has 2 heteroatoms. The highest BCUT2D eigenvalue weighted by Gasteiger charge is 2.20. The lowest BCUT2D eigenvalue weighted by Crippen LogP contribution is -2.43. The summed E-state index contributed by atoms with van der Waals surface area (Å²) in [5.41, 5.74) is 0. The topological polar surface area (TPSA) is 15.3 Å². The number of nitrogens with one attached hydrogen (secondary N) is 1. The first-order valence-electron chi connectivity index (χ1n) is 5.37. The standard InChI is InChI=1S/C11H18N2/c1-2-4-10-13(9-3-1)11-5-7-12-8-6-11/h11-12H,3-10H2. The Balaban J connectivity index is 1.84. The minimum atomic E-state index is 0.822. The zero-order valence-corrected chi connectivity index (χ0v) is 8.18. The molecule has 2 rings (SSSR count). The van der Waals surface area contributed by atoms with Crippen molar-refractivity contribution in [1.82, 2.24) is 10.2 Å². The predicted molar refractivity (Wildman–Crippen MR) is 54.5 cm³/mol. The van der Waals surface area contributed by atoms with Crippen LogP contribution in [0.5, 0.6) is 0 Å². The third-order valence-electron chi connectivity index (χ3n) is 3.00. The molecule has 0 aromatic rings. The summed E-state index contributed by atoms with van der Waals surface area (Å²) in [6.45, 7) is 4.78. The summed E-state index contributed by atoms with van der Waals surface area (Å²) >= 11 is 0. The Bertz CT molecular complexity index is 196. The molecule has 1 saturated heterocycles. The fourth-order valence-electron chi connectivity index (χ4n) is 2.22. The van der Waals surface area contributed by atoms with Gasteiger partial charge < -0.3 is 5.32 Å². The lowest BCUT2D eigenvalue weighted by atomic mass is 10.0. The van der Waals surface area contributed by atoms with E-state index in [1.165, 1.54) is 39.0 Å². The molecule has 13 heavy (non-hydrogen) atoms. The van der Waals surface area contributed by atoms with Gasteiger partial charge in [0.1, 0.15) is 0 Å². The Hall–Kier alpha value is -0.520. The zero-order valence-electron chi connectivity index (χ0n) is 8.18. The SMILES string of the molecule is C1#CCCN(C2CCNCC2)CC1. The molecule has 0 spiro atoms. The van der Waals surface area contributed by atoms with Crippen LogP contribution < -0.4 is 5.32 Å². The highest BCUT2D eigenvalue weighted by molar-refractivity contribution is 5.02. The predicted octanol–water partition coefficient (Wildman–Crippen LogP) is 0.838. The quantitative estimate of drug-likeness (QED) is 0.599. The van der Waals surface area contributed by atoms with Crippen LogP contribution in [0, 0.1) is 11.8 Å². The van der Waals surface area contributed by atoms with Crippen molar-refractivity contribution >= 4 is 0 Å². The van der Waals surface area contributed by atoms with Crippen LogP contribution in [-0.4, -0.2) is 37.1 Å². The van der Waals surface area contributed by atoms with E-state index >= 15 is 0 Å². The summed E-state index contributed by atoms with van der Waals surface area (Å²) in [4.78, 5) is 2.62. The van der Waals surface area contributed by atoms with Gasteiger partial charge in [0.15, 0.2) is 0 Å². The molecule has 2 nitrogen and oxygen atoms in total. The lowest BCUT2D eigenvalue weighted by molar-refractivity contribution is 0.170. The van der Waals surface area contributed by atoms with Gasteiger partial charge in [0.05, 0.1) is 0 Å². The van der Waals surface area contributed by atoms with Gasteiger partial charge in [-0.25, -0.2) is 0 Å². The summed E-state index contributed by atoms with van der Waals surface area (Å²) in [7, 11) is 0. The van der Waals surface area contributed by atoms with E-state index < -0.39 is 0 Å². The fourth-order valence-corrected chi connectivity index (χ4v) is 2.22. The second-order valence-electron chi connectivity index (χ2n) is 3.87. The molecular weight excluding hydrogens is 160 g/mol. The van der Waals surface area contributed by atoms with Crippen molar-refractivity contribution in [3.05, 3.63) is 0 Å². The van der Waals surface area contributed by atoms with Crippen LogP contribution in [0.25, 0.3) is 0 Å². The maximum atomic E-state index is 3.41. The Kier molecular flexibility index (Phi) is 3.23. The van der Waals surface area contributed by atoms with Crippen LogP contribution >= 0.6 is 0 Å². The van der Waals surface area contributed by atoms with E-state index in [1.807, 2.05) is 0 Å². The van der Waals surface area contributed by atoms with Crippen molar-refractivity contribution in [2.75, 3.05) is 26.2 Å². The van der Waals surface area contributed by atoms with E-state index in [0.717, 1.165) is 18.9 Å². The van der Waals surface area contributed by atoms with Crippen molar-refractivity contribution in [2.24, 2.45) is 0 Å². The van der Waals surface area contributed by atoms with Gasteiger partial charge in [-0.05, 0) is 25.9 Å². The molecule has 0 saturated carbocycles. The van der Waals surface area contributed by atoms with E-state index in [1.54, 1.807) is 0 Å². The Morgan fingerprint density at radius 1 is 1.00 bits per heavy atom. The van der Waals surface area contributed by atoms with Crippen LogP contribution in [0.15, 0.2) is 0 Å². The average molecular weight is 178 g/mol. The minimum Gasteiger partial charge on any atom is -0.317 e. The fraction of sp³-hybridized carbons (Fsp3) is 0.818. The van der Waals surface area contributed by atoms with Gasteiger partial charge >= 0.3 is 0 Å². The summed E-state index contributed by atoms with van der Waals surface area (Å²) in [6, 6.07) is 0.822. The van der Waals surface area contributed by atoms with E-state index in [9.17, 15) is 0 Å². The van der Waals surface area contributed by atoms with Crippen LogP contribution in [0.3, 0.4) is 0 Å². The summed E-state index contributed by atoms with van der Waals surface area (Å²) in [6.07, 6.45) is 4.79. The minimum absolute atomic E-state index is 0.822. The van der Waals surface area contributed by atoms with Crippen LogP contribution in [0.1, 0.15) is 25.7 Å². The van der Waals surface area contributed by atoms with E-state index in [0.29, 0.717) is 0 Å². The number of piperidine rings is 1. The first-order chi connectivity index (χ1) is 6.47. The summed E-state index contributed by atoms with van der Waals surface area (Å²) in [5, 5.41) is 3.41. The molecular formula is C11H18N2.